The van der Waals surface area contributed by atoms with E-state index < -0.39 is 0 Å². The number of rotatable bonds is 7. The Labute approximate surface area is 124 Å². The van der Waals surface area contributed by atoms with Gasteiger partial charge in [-0.15, -0.1) is 11.3 Å². The number of benzene rings is 1. The number of hydrogen-bond donors (Lipinski definition) is 1. The number of nitrogens with one attached hydrogen (secondary N) is 1. The Morgan fingerprint density at radius 1 is 1.32 bits per heavy atom. The zero-order valence-corrected chi connectivity index (χ0v) is 13.5. The maximum absolute atomic E-state index is 3.29. The van der Waals surface area contributed by atoms with Gasteiger partial charge in [-0.3, -0.25) is 0 Å². The van der Waals surface area contributed by atoms with Gasteiger partial charge in [0, 0.05) is 35.0 Å². The van der Waals surface area contributed by atoms with Gasteiger partial charge in [0.15, 0.2) is 0 Å². The summed E-state index contributed by atoms with van der Waals surface area (Å²) in [6, 6.07) is 8.75. The molecule has 0 fully saturated rings. The van der Waals surface area contributed by atoms with Crippen molar-refractivity contribution in [2.24, 2.45) is 0 Å². The predicted molar refractivity (Wildman–Crippen MR) is 89.3 cm³/mol. The van der Waals surface area contributed by atoms with Gasteiger partial charge >= 0.3 is 0 Å². The van der Waals surface area contributed by atoms with Crippen LogP contribution in [0.15, 0.2) is 24.3 Å². The highest BCUT2D eigenvalue weighted by Crippen LogP contribution is 2.32. The van der Waals surface area contributed by atoms with Crippen LogP contribution in [0.4, 0.5) is 0 Å². The summed E-state index contributed by atoms with van der Waals surface area (Å²) in [5.41, 5.74) is 1.50. The van der Waals surface area contributed by atoms with Gasteiger partial charge < -0.3 is 10.2 Å². The van der Waals surface area contributed by atoms with Crippen LogP contribution in [0, 0.1) is 0 Å². The molecule has 2 rings (SSSR count). The van der Waals surface area contributed by atoms with E-state index in [0.29, 0.717) is 0 Å². The second kappa shape index (κ2) is 7.29. The molecule has 0 aliphatic rings. The highest BCUT2D eigenvalue weighted by atomic mass is 32.2. The average Bonchev–Trinajstić information content (AvgIpc) is 2.75. The van der Waals surface area contributed by atoms with Gasteiger partial charge in [-0.1, -0.05) is 18.2 Å². The summed E-state index contributed by atoms with van der Waals surface area (Å²) in [5.74, 6) is 1.19. The Kier molecular flexibility index (Phi) is 5.70. The van der Waals surface area contributed by atoms with Gasteiger partial charge in [0.05, 0.1) is 0 Å². The van der Waals surface area contributed by atoms with Crippen LogP contribution < -0.4 is 5.32 Å². The SMILES string of the molecule is CNCc1sc2ccccc2c1CN(C)CCSC. The lowest BCUT2D eigenvalue weighted by molar-refractivity contribution is 0.349. The first-order valence-corrected chi connectivity index (χ1v) is 8.78. The van der Waals surface area contributed by atoms with E-state index >= 15 is 0 Å². The number of thioether (sulfide) groups is 1. The van der Waals surface area contributed by atoms with Gasteiger partial charge in [0.25, 0.3) is 0 Å². The van der Waals surface area contributed by atoms with Crippen molar-refractivity contribution < 1.29 is 0 Å². The Bertz CT molecular complexity index is 522. The lowest BCUT2D eigenvalue weighted by Crippen LogP contribution is -2.21. The molecule has 0 aliphatic carbocycles. The normalized spacial score (nSPS) is 11.6. The number of hydrogen-bond acceptors (Lipinski definition) is 4. The Morgan fingerprint density at radius 3 is 2.84 bits per heavy atom. The molecule has 0 saturated carbocycles. The van der Waals surface area contributed by atoms with Crippen LogP contribution in [-0.2, 0) is 13.1 Å². The summed E-state index contributed by atoms with van der Waals surface area (Å²) in [6.45, 7) is 3.15. The first-order valence-electron chi connectivity index (χ1n) is 6.57. The van der Waals surface area contributed by atoms with Crippen molar-refractivity contribution in [3.63, 3.8) is 0 Å². The van der Waals surface area contributed by atoms with Gasteiger partial charge in [0.1, 0.15) is 0 Å². The molecule has 0 unspecified atom stereocenters. The minimum Gasteiger partial charge on any atom is -0.315 e. The molecule has 0 amide bonds. The molecule has 19 heavy (non-hydrogen) atoms. The van der Waals surface area contributed by atoms with Crippen LogP contribution in [0.5, 0.6) is 0 Å². The van der Waals surface area contributed by atoms with E-state index in [1.807, 2.05) is 30.1 Å². The molecule has 0 radical (unpaired) electrons. The maximum Gasteiger partial charge on any atom is 0.0349 e. The van der Waals surface area contributed by atoms with Crippen molar-refractivity contribution >= 4 is 33.2 Å². The van der Waals surface area contributed by atoms with Gasteiger partial charge in [-0.2, -0.15) is 11.8 Å². The summed E-state index contributed by atoms with van der Waals surface area (Å²) in [5, 5.41) is 4.71. The van der Waals surface area contributed by atoms with Crippen molar-refractivity contribution in [2.45, 2.75) is 13.1 Å². The lowest BCUT2D eigenvalue weighted by Gasteiger charge is -2.16. The van der Waals surface area contributed by atoms with Crippen LogP contribution in [-0.4, -0.2) is 37.5 Å². The first kappa shape index (κ1) is 14.9. The van der Waals surface area contributed by atoms with Crippen LogP contribution in [0.25, 0.3) is 10.1 Å². The molecule has 1 N–H and O–H groups in total. The molecule has 1 aromatic heterocycles. The molecule has 0 spiro atoms. The highest BCUT2D eigenvalue weighted by Gasteiger charge is 2.12. The van der Waals surface area contributed by atoms with Crippen LogP contribution in [0.2, 0.25) is 0 Å². The molecule has 4 heteroatoms. The minimum absolute atomic E-state index is 0.963. The largest absolute Gasteiger partial charge is 0.315 e. The fraction of sp³-hybridized carbons (Fsp3) is 0.467. The van der Waals surface area contributed by atoms with Gasteiger partial charge in [0.2, 0.25) is 0 Å². The molecule has 0 atom stereocenters. The molecule has 2 nitrogen and oxygen atoms in total. The molecule has 2 aromatic rings. The summed E-state index contributed by atoms with van der Waals surface area (Å²) in [4.78, 5) is 3.89. The average molecular weight is 294 g/mol. The Morgan fingerprint density at radius 2 is 2.11 bits per heavy atom. The van der Waals surface area contributed by atoms with E-state index in [1.165, 1.54) is 26.3 Å². The van der Waals surface area contributed by atoms with Crippen LogP contribution in [0.3, 0.4) is 0 Å². The van der Waals surface area contributed by atoms with Gasteiger partial charge in [-0.05, 0) is 37.4 Å². The molecule has 1 heterocycles. The van der Waals surface area contributed by atoms with Gasteiger partial charge in [-0.25, -0.2) is 0 Å². The van der Waals surface area contributed by atoms with Crippen molar-refractivity contribution in [3.8, 4) is 0 Å². The molecule has 0 aliphatic heterocycles. The smallest absolute Gasteiger partial charge is 0.0349 e. The monoisotopic (exact) mass is 294 g/mol. The van der Waals surface area contributed by atoms with Crippen LogP contribution >= 0.6 is 23.1 Å². The molecular weight excluding hydrogens is 272 g/mol. The lowest BCUT2D eigenvalue weighted by atomic mass is 10.1. The van der Waals surface area contributed by atoms with E-state index in [1.54, 1.807) is 0 Å². The summed E-state index contributed by atoms with van der Waals surface area (Å²) in [6.07, 6.45) is 2.17. The van der Waals surface area contributed by atoms with E-state index in [9.17, 15) is 0 Å². The highest BCUT2D eigenvalue weighted by molar-refractivity contribution is 7.98. The standard InChI is InChI=1S/C15H22N2S2/c1-16-10-15-13(11-17(2)8-9-18-3)12-6-4-5-7-14(12)19-15/h4-7,16H,8-11H2,1-3H3. The summed E-state index contributed by atoms with van der Waals surface area (Å²) >= 11 is 3.83. The van der Waals surface area contributed by atoms with Crippen molar-refractivity contribution in [1.29, 1.82) is 0 Å². The molecule has 0 saturated heterocycles. The zero-order valence-electron chi connectivity index (χ0n) is 11.9. The predicted octanol–water partition coefficient (Wildman–Crippen LogP) is 3.42. The third-order valence-corrected chi connectivity index (χ3v) is 5.03. The van der Waals surface area contributed by atoms with Crippen molar-refractivity contribution in [1.82, 2.24) is 10.2 Å². The number of fused-ring (bicyclic) bond motifs is 1. The fourth-order valence-electron chi connectivity index (χ4n) is 2.22. The summed E-state index contributed by atoms with van der Waals surface area (Å²) in [7, 11) is 4.23. The third kappa shape index (κ3) is 3.72. The summed E-state index contributed by atoms with van der Waals surface area (Å²) < 4.78 is 1.40. The third-order valence-electron chi connectivity index (χ3n) is 3.22. The fourth-order valence-corrected chi connectivity index (χ4v) is 3.94. The zero-order chi connectivity index (χ0) is 13.7. The molecular formula is C15H22N2S2. The topological polar surface area (TPSA) is 15.3 Å². The van der Waals surface area contributed by atoms with Crippen molar-refractivity contribution in [3.05, 3.63) is 34.7 Å². The quantitative estimate of drug-likeness (QED) is 0.842. The van der Waals surface area contributed by atoms with Crippen molar-refractivity contribution in [2.75, 3.05) is 32.6 Å². The molecule has 104 valence electrons. The first-order chi connectivity index (χ1) is 9.26. The molecule has 0 bridgehead atoms. The number of nitrogens with zero attached hydrogens (tertiary/aromatic N) is 1. The van der Waals surface area contributed by atoms with E-state index in [4.69, 9.17) is 0 Å². The van der Waals surface area contributed by atoms with Crippen LogP contribution in [0.1, 0.15) is 10.4 Å². The van der Waals surface area contributed by atoms with E-state index in [2.05, 4.69) is 47.8 Å². The second-order valence-electron chi connectivity index (χ2n) is 4.76. The second-order valence-corrected chi connectivity index (χ2v) is 6.88. The Balaban J connectivity index is 2.25. The van der Waals surface area contributed by atoms with E-state index in [0.717, 1.165) is 19.6 Å². The maximum atomic E-state index is 3.29. The minimum atomic E-state index is 0.963. The number of thiophene rings is 1. The van der Waals surface area contributed by atoms with E-state index in [-0.39, 0.29) is 0 Å². The molecule has 1 aromatic carbocycles. The Hall–Kier alpha value is -0.550.